The van der Waals surface area contributed by atoms with Gasteiger partial charge in [-0.15, -0.1) is 0 Å². The quantitative estimate of drug-likeness (QED) is 0.637. The van der Waals surface area contributed by atoms with E-state index in [1.165, 1.54) is 0 Å². The molecule has 64 valence electrons. The molecule has 1 spiro atoms. The SMILES string of the molecule is N=BOCC1CC2(CC(=O)C2)C1. The zero-order valence-corrected chi connectivity index (χ0v) is 7.01. The summed E-state index contributed by atoms with van der Waals surface area (Å²) in [6, 6.07) is 0. The molecule has 0 aromatic heterocycles. The van der Waals surface area contributed by atoms with Gasteiger partial charge in [0.05, 0.1) is 0 Å². The van der Waals surface area contributed by atoms with Crippen molar-refractivity contribution in [2.75, 3.05) is 6.61 Å². The Morgan fingerprint density at radius 1 is 1.58 bits per heavy atom. The van der Waals surface area contributed by atoms with Crippen LogP contribution in [0.5, 0.6) is 0 Å². The first kappa shape index (κ1) is 7.96. The molecule has 3 nitrogen and oxygen atoms in total. The summed E-state index contributed by atoms with van der Waals surface area (Å²) in [5.74, 6) is 1.01. The summed E-state index contributed by atoms with van der Waals surface area (Å²) in [6.45, 7) is 0.666. The van der Waals surface area contributed by atoms with Gasteiger partial charge in [-0.1, -0.05) is 0 Å². The number of hydrogen-bond donors (Lipinski definition) is 1. The molecular weight excluding hydrogens is 153 g/mol. The van der Waals surface area contributed by atoms with Gasteiger partial charge in [-0.05, 0) is 0 Å². The molecular formula is C8H12BNO2. The average molecular weight is 165 g/mol. The van der Waals surface area contributed by atoms with Crippen molar-refractivity contribution < 1.29 is 9.45 Å². The van der Waals surface area contributed by atoms with Crippen LogP contribution in [0.2, 0.25) is 0 Å². The van der Waals surface area contributed by atoms with E-state index in [0.717, 1.165) is 33.0 Å². The molecule has 1 N–H and O–H groups in total. The van der Waals surface area contributed by atoms with Crippen LogP contribution >= 0.6 is 0 Å². The first-order chi connectivity index (χ1) is 5.74. The first-order valence-electron chi connectivity index (χ1n) is 4.36. The number of carbonyl (C=O) groups excluding carboxylic acids is 1. The van der Waals surface area contributed by atoms with Crippen LogP contribution in [-0.4, -0.2) is 19.7 Å². The van der Waals surface area contributed by atoms with E-state index in [4.69, 9.17) is 9.97 Å². The molecule has 0 bridgehead atoms. The van der Waals surface area contributed by atoms with Crippen molar-refractivity contribution in [3.05, 3.63) is 0 Å². The van der Waals surface area contributed by atoms with Gasteiger partial charge in [0.1, 0.15) is 0 Å². The van der Waals surface area contributed by atoms with Gasteiger partial charge in [0.15, 0.2) is 0 Å². The maximum absolute atomic E-state index is 10.8. The Kier molecular flexibility index (Phi) is 1.78. The zero-order chi connectivity index (χ0) is 8.60. The fourth-order valence-corrected chi connectivity index (χ4v) is 2.54. The van der Waals surface area contributed by atoms with Gasteiger partial charge in [-0.3, -0.25) is 0 Å². The van der Waals surface area contributed by atoms with Gasteiger partial charge in [0.2, 0.25) is 0 Å². The third kappa shape index (κ3) is 1.19. The van der Waals surface area contributed by atoms with Gasteiger partial charge in [-0.2, -0.15) is 0 Å². The van der Waals surface area contributed by atoms with Gasteiger partial charge in [0, 0.05) is 0 Å². The minimum atomic E-state index is 0.382. The molecule has 2 fully saturated rings. The third-order valence-electron chi connectivity index (χ3n) is 3.00. The van der Waals surface area contributed by atoms with Gasteiger partial charge in [-0.25, -0.2) is 0 Å². The van der Waals surface area contributed by atoms with Crippen molar-refractivity contribution in [1.29, 1.82) is 5.31 Å². The van der Waals surface area contributed by atoms with Crippen LogP contribution in [0.1, 0.15) is 25.7 Å². The molecule has 2 saturated carbocycles. The molecule has 0 heterocycles. The fourth-order valence-electron chi connectivity index (χ4n) is 2.54. The molecule has 0 atom stereocenters. The summed E-state index contributed by atoms with van der Waals surface area (Å²) in [5.41, 5.74) is 0.382. The summed E-state index contributed by atoms with van der Waals surface area (Å²) in [7, 11) is 0.997. The van der Waals surface area contributed by atoms with Gasteiger partial charge in [0.25, 0.3) is 0 Å². The zero-order valence-electron chi connectivity index (χ0n) is 7.01. The van der Waals surface area contributed by atoms with Crippen molar-refractivity contribution in [1.82, 2.24) is 0 Å². The molecule has 2 aliphatic carbocycles. The molecule has 0 amide bonds. The van der Waals surface area contributed by atoms with Crippen LogP contribution in [0, 0.1) is 16.6 Å². The topological polar surface area (TPSA) is 50.1 Å². The molecule has 0 aromatic rings. The van der Waals surface area contributed by atoms with Crippen molar-refractivity contribution in [3.8, 4) is 0 Å². The molecule has 2 aliphatic rings. The summed E-state index contributed by atoms with van der Waals surface area (Å²) < 4.78 is 4.88. The van der Waals surface area contributed by atoms with E-state index in [9.17, 15) is 4.79 Å². The van der Waals surface area contributed by atoms with Crippen molar-refractivity contribution in [2.24, 2.45) is 11.3 Å². The Bertz CT molecular complexity index is 213. The Balaban J connectivity index is 1.70. The molecule has 0 saturated heterocycles. The van der Waals surface area contributed by atoms with Crippen LogP contribution in [0.4, 0.5) is 0 Å². The molecule has 0 unspecified atom stereocenters. The van der Waals surface area contributed by atoms with Crippen LogP contribution in [0.3, 0.4) is 0 Å². The second-order valence-electron chi connectivity index (χ2n) is 4.12. The van der Waals surface area contributed by atoms with E-state index in [1.807, 2.05) is 0 Å². The molecule has 2 rings (SSSR count). The number of nitrogens with one attached hydrogen (secondary N) is 1. The predicted octanol–water partition coefficient (Wildman–Crippen LogP) is 1.14. The normalized spacial score (nSPS) is 25.8. The van der Waals surface area contributed by atoms with E-state index in [2.05, 4.69) is 0 Å². The van der Waals surface area contributed by atoms with Crippen molar-refractivity contribution >= 4 is 13.1 Å². The van der Waals surface area contributed by atoms with Crippen LogP contribution in [0.25, 0.3) is 0 Å². The van der Waals surface area contributed by atoms with Crippen LogP contribution < -0.4 is 0 Å². The van der Waals surface area contributed by atoms with Crippen LogP contribution in [0.15, 0.2) is 0 Å². The van der Waals surface area contributed by atoms with Gasteiger partial charge >= 0.3 is 71.4 Å². The summed E-state index contributed by atoms with van der Waals surface area (Å²) in [6.07, 6.45) is 3.86. The van der Waals surface area contributed by atoms with E-state index in [-0.39, 0.29) is 0 Å². The summed E-state index contributed by atoms with van der Waals surface area (Å²) in [4.78, 5) is 10.8. The summed E-state index contributed by atoms with van der Waals surface area (Å²) in [5, 5.41) is 6.68. The van der Waals surface area contributed by atoms with Crippen molar-refractivity contribution in [2.45, 2.75) is 25.7 Å². The fraction of sp³-hybridized carbons (Fsp3) is 0.875. The van der Waals surface area contributed by atoms with Gasteiger partial charge < -0.3 is 0 Å². The van der Waals surface area contributed by atoms with Crippen LogP contribution in [-0.2, 0) is 9.45 Å². The molecule has 0 aromatic carbocycles. The Labute approximate surface area is 72.3 Å². The Hall–Kier alpha value is -0.665. The van der Waals surface area contributed by atoms with E-state index in [0.29, 0.717) is 23.7 Å². The maximum atomic E-state index is 10.8. The number of rotatable bonds is 3. The Morgan fingerprint density at radius 3 is 2.75 bits per heavy atom. The van der Waals surface area contributed by atoms with E-state index < -0.39 is 0 Å². The third-order valence-corrected chi connectivity index (χ3v) is 3.00. The van der Waals surface area contributed by atoms with Crippen molar-refractivity contribution in [3.63, 3.8) is 0 Å². The Morgan fingerprint density at radius 2 is 2.25 bits per heavy atom. The van der Waals surface area contributed by atoms with E-state index in [1.54, 1.807) is 0 Å². The summed E-state index contributed by atoms with van der Waals surface area (Å²) >= 11 is 0. The van der Waals surface area contributed by atoms with E-state index >= 15 is 0 Å². The standard InChI is InChI=1S/C8H12BNO2/c10-9-12-5-6-1-8(2-6)3-7(11)4-8/h6,10H,1-5H2. The number of ketones is 1. The molecule has 0 radical (unpaired) electrons. The first-order valence-corrected chi connectivity index (χ1v) is 4.36. The average Bonchev–Trinajstić information content (AvgIpc) is 1.91. The molecule has 4 heteroatoms. The molecule has 0 aliphatic heterocycles. The molecule has 12 heavy (non-hydrogen) atoms. The predicted molar refractivity (Wildman–Crippen MR) is 43.8 cm³/mol. The number of Topliss-reactive ketones (excluding diaryl/α,β-unsaturated/α-hetero) is 1. The monoisotopic (exact) mass is 165 g/mol. The number of carbonyl (C=O) groups is 1. The number of hydrogen-bond acceptors (Lipinski definition) is 3. The minimum absolute atomic E-state index is 0.382. The second kappa shape index (κ2) is 2.68. The second-order valence-corrected chi connectivity index (χ2v) is 4.12.